The third-order valence-electron chi connectivity index (χ3n) is 6.31. The lowest BCUT2D eigenvalue weighted by atomic mass is 10.1. The average molecular weight is 541 g/mol. The van der Waals surface area contributed by atoms with Crippen LogP contribution < -0.4 is 29.2 Å². The molecule has 202 valence electrons. The van der Waals surface area contributed by atoms with Gasteiger partial charge in [0.1, 0.15) is 11.6 Å². The normalized spacial score (nSPS) is 13.9. The van der Waals surface area contributed by atoms with Crippen LogP contribution in [-0.2, 0) is 11.3 Å². The van der Waals surface area contributed by atoms with Gasteiger partial charge in [-0.25, -0.2) is 4.98 Å². The van der Waals surface area contributed by atoms with Crippen LogP contribution in [0.5, 0.6) is 23.0 Å². The second-order valence-corrected chi connectivity index (χ2v) is 9.24. The van der Waals surface area contributed by atoms with E-state index in [0.29, 0.717) is 33.7 Å². The van der Waals surface area contributed by atoms with Crippen LogP contribution in [0.4, 0.5) is 11.5 Å². The summed E-state index contributed by atoms with van der Waals surface area (Å²) >= 11 is 5.87. The number of halogens is 1. The van der Waals surface area contributed by atoms with Crippen LogP contribution in [0.15, 0.2) is 54.7 Å². The maximum Gasteiger partial charge on any atom is 0.262 e. The third-order valence-corrected chi connectivity index (χ3v) is 6.56. The summed E-state index contributed by atoms with van der Waals surface area (Å²) in [5.41, 5.74) is 1.67. The van der Waals surface area contributed by atoms with Crippen LogP contribution >= 0.6 is 11.6 Å². The first kappa shape index (κ1) is 27.3. The number of carbonyl (C=O) groups is 1. The van der Waals surface area contributed by atoms with Gasteiger partial charge in [-0.05, 0) is 48.9 Å². The van der Waals surface area contributed by atoms with Gasteiger partial charge in [-0.3, -0.25) is 9.69 Å². The minimum Gasteiger partial charge on any atom is -0.493 e. The van der Waals surface area contributed by atoms with Crippen molar-refractivity contribution in [2.24, 2.45) is 0 Å². The zero-order valence-corrected chi connectivity index (χ0v) is 22.7. The number of rotatable bonds is 10. The molecule has 0 saturated carbocycles. The van der Waals surface area contributed by atoms with Gasteiger partial charge in [0.25, 0.3) is 5.91 Å². The molecule has 1 amide bonds. The van der Waals surface area contributed by atoms with E-state index in [1.165, 1.54) is 0 Å². The first-order chi connectivity index (χ1) is 18.5. The number of hydrogen-bond acceptors (Lipinski definition) is 8. The van der Waals surface area contributed by atoms with Gasteiger partial charge >= 0.3 is 0 Å². The van der Waals surface area contributed by atoms with E-state index in [-0.39, 0.29) is 12.5 Å². The highest BCUT2D eigenvalue weighted by Crippen LogP contribution is 2.40. The molecule has 0 atom stereocenters. The van der Waals surface area contributed by atoms with Gasteiger partial charge in [0.2, 0.25) is 5.75 Å². The summed E-state index contributed by atoms with van der Waals surface area (Å²) in [6, 6.07) is 14.6. The number of methoxy groups -OCH3 is 3. The van der Waals surface area contributed by atoms with Crippen molar-refractivity contribution in [2.45, 2.75) is 13.0 Å². The Bertz CT molecular complexity index is 1210. The fraction of sp³-hybridized carbons (Fsp3) is 0.357. The number of amides is 1. The summed E-state index contributed by atoms with van der Waals surface area (Å²) in [6.07, 6.45) is 2.67. The zero-order chi connectivity index (χ0) is 26.9. The highest BCUT2D eigenvalue weighted by atomic mass is 35.5. The Kier molecular flexibility index (Phi) is 9.51. The number of hydrogen-bond donors (Lipinski definition) is 1. The molecule has 9 nitrogen and oxygen atoms in total. The van der Waals surface area contributed by atoms with Crippen molar-refractivity contribution >= 4 is 29.0 Å². The largest absolute Gasteiger partial charge is 0.493 e. The number of ether oxygens (including phenoxy) is 4. The third kappa shape index (κ3) is 6.99. The van der Waals surface area contributed by atoms with Gasteiger partial charge in [0.05, 0.1) is 33.2 Å². The lowest BCUT2D eigenvalue weighted by Crippen LogP contribution is -2.31. The standard InChI is InChI=1S/C28H33ClN4O5/c1-35-24-11-5-20(27(36-2)28(24)37-3)18-32-13-4-14-33(16-15-32)25-12-8-22(17-30-25)31-26(34)19-38-23-9-6-21(29)7-10-23/h5-12,17H,4,13-16,18-19H2,1-3H3,(H,31,34). The first-order valence-electron chi connectivity index (χ1n) is 12.4. The second kappa shape index (κ2) is 13.2. The minimum atomic E-state index is -0.259. The van der Waals surface area contributed by atoms with Gasteiger partial charge in [-0.1, -0.05) is 17.7 Å². The highest BCUT2D eigenvalue weighted by Gasteiger charge is 2.21. The van der Waals surface area contributed by atoms with E-state index in [0.717, 1.165) is 50.5 Å². The molecule has 10 heteroatoms. The first-order valence-corrected chi connectivity index (χ1v) is 12.8. The molecule has 0 radical (unpaired) electrons. The number of pyridine rings is 1. The van der Waals surface area contributed by atoms with Crippen LogP contribution in [0.2, 0.25) is 5.02 Å². The summed E-state index contributed by atoms with van der Waals surface area (Å²) in [7, 11) is 4.88. The van der Waals surface area contributed by atoms with E-state index in [1.807, 2.05) is 24.3 Å². The number of nitrogens with one attached hydrogen (secondary N) is 1. The lowest BCUT2D eigenvalue weighted by molar-refractivity contribution is -0.118. The van der Waals surface area contributed by atoms with Gasteiger partial charge in [0, 0.05) is 43.3 Å². The molecule has 1 aliphatic heterocycles. The summed E-state index contributed by atoms with van der Waals surface area (Å²) in [5.74, 6) is 3.16. The van der Waals surface area contributed by atoms with E-state index in [1.54, 1.807) is 51.8 Å². The van der Waals surface area contributed by atoms with E-state index in [9.17, 15) is 4.79 Å². The molecule has 38 heavy (non-hydrogen) atoms. The smallest absolute Gasteiger partial charge is 0.262 e. The van der Waals surface area contributed by atoms with Gasteiger partial charge in [-0.15, -0.1) is 0 Å². The molecule has 1 aromatic heterocycles. The number of anilines is 2. The molecule has 3 aromatic rings. The van der Waals surface area contributed by atoms with Crippen molar-refractivity contribution in [3.8, 4) is 23.0 Å². The molecule has 2 heterocycles. The van der Waals surface area contributed by atoms with Crippen molar-refractivity contribution in [2.75, 3.05) is 64.3 Å². The molecular formula is C28H33ClN4O5. The number of aromatic nitrogens is 1. The molecule has 0 spiro atoms. The van der Waals surface area contributed by atoms with Crippen LogP contribution in [0.3, 0.4) is 0 Å². The van der Waals surface area contributed by atoms with Crippen molar-refractivity contribution in [3.05, 3.63) is 65.3 Å². The molecule has 2 aromatic carbocycles. The van der Waals surface area contributed by atoms with Crippen molar-refractivity contribution in [3.63, 3.8) is 0 Å². The molecule has 0 bridgehead atoms. The molecule has 4 rings (SSSR count). The Morgan fingerprint density at radius 1 is 0.921 bits per heavy atom. The summed E-state index contributed by atoms with van der Waals surface area (Å²) in [4.78, 5) is 21.5. The monoisotopic (exact) mass is 540 g/mol. The number of benzene rings is 2. The molecule has 1 saturated heterocycles. The highest BCUT2D eigenvalue weighted by molar-refractivity contribution is 6.30. The Labute approximate surface area is 228 Å². The fourth-order valence-electron chi connectivity index (χ4n) is 4.41. The lowest BCUT2D eigenvalue weighted by Gasteiger charge is -2.24. The SMILES string of the molecule is COc1ccc(CN2CCCN(c3ccc(NC(=O)COc4ccc(Cl)cc4)cn3)CC2)c(OC)c1OC. The van der Waals surface area contributed by atoms with E-state index in [2.05, 4.69) is 20.1 Å². The maximum absolute atomic E-state index is 12.3. The van der Waals surface area contributed by atoms with E-state index >= 15 is 0 Å². The Morgan fingerprint density at radius 3 is 2.39 bits per heavy atom. The fourth-order valence-corrected chi connectivity index (χ4v) is 4.54. The zero-order valence-electron chi connectivity index (χ0n) is 21.9. The van der Waals surface area contributed by atoms with Gasteiger partial charge in [0.15, 0.2) is 18.1 Å². The topological polar surface area (TPSA) is 85.4 Å². The van der Waals surface area contributed by atoms with Gasteiger partial charge < -0.3 is 29.2 Å². The predicted octanol–water partition coefficient (Wildman–Crippen LogP) is 4.49. The summed E-state index contributed by atoms with van der Waals surface area (Å²) in [6.45, 7) is 4.20. The molecule has 1 aliphatic rings. The number of nitrogens with zero attached hydrogens (tertiary/aromatic N) is 3. The van der Waals surface area contributed by atoms with Crippen molar-refractivity contribution < 1.29 is 23.7 Å². The summed E-state index contributed by atoms with van der Waals surface area (Å²) < 4.78 is 22.1. The van der Waals surface area contributed by atoms with Crippen LogP contribution in [-0.4, -0.2) is 69.9 Å². The number of carbonyl (C=O) groups excluding carboxylic acids is 1. The Morgan fingerprint density at radius 2 is 1.71 bits per heavy atom. The van der Waals surface area contributed by atoms with E-state index < -0.39 is 0 Å². The van der Waals surface area contributed by atoms with E-state index in [4.69, 9.17) is 30.5 Å². The van der Waals surface area contributed by atoms with Crippen LogP contribution in [0.25, 0.3) is 0 Å². The maximum atomic E-state index is 12.3. The van der Waals surface area contributed by atoms with Crippen molar-refractivity contribution in [1.29, 1.82) is 0 Å². The molecule has 0 aliphatic carbocycles. The Balaban J connectivity index is 1.30. The molecule has 0 unspecified atom stereocenters. The molecular weight excluding hydrogens is 508 g/mol. The average Bonchev–Trinajstić information content (AvgIpc) is 3.18. The predicted molar refractivity (Wildman–Crippen MR) is 148 cm³/mol. The molecule has 1 fully saturated rings. The van der Waals surface area contributed by atoms with Crippen LogP contribution in [0, 0.1) is 0 Å². The van der Waals surface area contributed by atoms with Crippen molar-refractivity contribution in [1.82, 2.24) is 9.88 Å². The summed E-state index contributed by atoms with van der Waals surface area (Å²) in [5, 5.41) is 3.43. The minimum absolute atomic E-state index is 0.101. The molecule has 1 N–H and O–H groups in total. The van der Waals surface area contributed by atoms with Gasteiger partial charge in [-0.2, -0.15) is 0 Å². The quantitative estimate of drug-likeness (QED) is 0.402. The second-order valence-electron chi connectivity index (χ2n) is 8.81. The van der Waals surface area contributed by atoms with Crippen LogP contribution in [0.1, 0.15) is 12.0 Å². The Hall–Kier alpha value is -3.69.